The molecule has 6 heteroatoms. The Morgan fingerprint density at radius 2 is 1.86 bits per heavy atom. The number of guanidine groups is 1. The Kier molecular flexibility index (Phi) is 10.0. The highest BCUT2D eigenvalue weighted by molar-refractivity contribution is 14.0. The smallest absolute Gasteiger partial charge is 0.188 e. The molecule has 1 aromatic carbocycles. The first-order chi connectivity index (χ1) is 13.2. The van der Waals surface area contributed by atoms with Crippen LogP contribution < -0.4 is 11.1 Å². The van der Waals surface area contributed by atoms with E-state index in [1.165, 1.54) is 56.4 Å². The van der Waals surface area contributed by atoms with E-state index in [1.807, 2.05) is 0 Å². The van der Waals surface area contributed by atoms with Crippen molar-refractivity contribution in [3.05, 3.63) is 35.4 Å². The zero-order valence-corrected chi connectivity index (χ0v) is 19.9. The van der Waals surface area contributed by atoms with E-state index in [0.717, 1.165) is 25.6 Å². The second-order valence-corrected chi connectivity index (χ2v) is 8.23. The predicted octanol–water partition coefficient (Wildman–Crippen LogP) is 3.43. The minimum atomic E-state index is 0. The number of piperidine rings is 1. The SMILES string of the molecule is CCN1CCCC1CNC(N)=NCc1ccccc1CN1CCC(C)CC1.I. The van der Waals surface area contributed by atoms with Gasteiger partial charge in [-0.1, -0.05) is 38.1 Å². The van der Waals surface area contributed by atoms with Gasteiger partial charge in [0, 0.05) is 19.1 Å². The fourth-order valence-electron chi connectivity index (χ4n) is 4.32. The van der Waals surface area contributed by atoms with Crippen LogP contribution in [0, 0.1) is 5.92 Å². The highest BCUT2D eigenvalue weighted by Crippen LogP contribution is 2.20. The number of rotatable bonds is 7. The van der Waals surface area contributed by atoms with Gasteiger partial charge >= 0.3 is 0 Å². The van der Waals surface area contributed by atoms with Crippen molar-refractivity contribution in [1.29, 1.82) is 0 Å². The number of benzene rings is 1. The number of halogens is 1. The second kappa shape index (κ2) is 12.0. The van der Waals surface area contributed by atoms with E-state index >= 15 is 0 Å². The monoisotopic (exact) mass is 499 g/mol. The van der Waals surface area contributed by atoms with E-state index in [4.69, 9.17) is 5.73 Å². The number of nitrogens with two attached hydrogens (primary N) is 1. The third-order valence-corrected chi connectivity index (χ3v) is 6.23. The first-order valence-corrected chi connectivity index (χ1v) is 10.7. The number of likely N-dealkylation sites (tertiary alicyclic amines) is 2. The Morgan fingerprint density at radius 1 is 1.14 bits per heavy atom. The first-order valence-electron chi connectivity index (χ1n) is 10.7. The summed E-state index contributed by atoms with van der Waals surface area (Å²) in [7, 11) is 0. The Labute approximate surface area is 188 Å². The van der Waals surface area contributed by atoms with Crippen molar-refractivity contribution >= 4 is 29.9 Å². The average Bonchev–Trinajstić information content (AvgIpc) is 3.15. The van der Waals surface area contributed by atoms with Gasteiger partial charge in [-0.05, 0) is 68.9 Å². The van der Waals surface area contributed by atoms with Crippen molar-refractivity contribution in [2.24, 2.45) is 16.6 Å². The third-order valence-electron chi connectivity index (χ3n) is 6.23. The van der Waals surface area contributed by atoms with Gasteiger partial charge in [-0.3, -0.25) is 9.80 Å². The summed E-state index contributed by atoms with van der Waals surface area (Å²) >= 11 is 0. The Bertz CT molecular complexity index is 613. The van der Waals surface area contributed by atoms with Gasteiger partial charge in [0.25, 0.3) is 0 Å². The Morgan fingerprint density at radius 3 is 2.57 bits per heavy atom. The molecule has 3 N–H and O–H groups in total. The summed E-state index contributed by atoms with van der Waals surface area (Å²) in [6.45, 7) is 11.9. The number of aliphatic imine (C=N–C) groups is 1. The summed E-state index contributed by atoms with van der Waals surface area (Å²) < 4.78 is 0. The van der Waals surface area contributed by atoms with Crippen LogP contribution in [-0.2, 0) is 13.1 Å². The van der Waals surface area contributed by atoms with Crippen LogP contribution >= 0.6 is 24.0 Å². The molecule has 1 unspecified atom stereocenters. The van der Waals surface area contributed by atoms with Crippen LogP contribution in [-0.4, -0.2) is 54.5 Å². The lowest BCUT2D eigenvalue weighted by molar-refractivity contribution is 0.185. The molecular weight excluding hydrogens is 461 g/mol. The average molecular weight is 499 g/mol. The molecule has 0 aromatic heterocycles. The zero-order valence-electron chi connectivity index (χ0n) is 17.6. The lowest BCUT2D eigenvalue weighted by Gasteiger charge is -2.30. The van der Waals surface area contributed by atoms with E-state index < -0.39 is 0 Å². The van der Waals surface area contributed by atoms with Crippen molar-refractivity contribution in [2.75, 3.05) is 32.7 Å². The predicted molar refractivity (Wildman–Crippen MR) is 129 cm³/mol. The molecule has 0 radical (unpaired) electrons. The van der Waals surface area contributed by atoms with Crippen LogP contribution in [0.25, 0.3) is 0 Å². The molecule has 2 aliphatic heterocycles. The molecule has 0 amide bonds. The number of nitrogens with zero attached hydrogens (tertiary/aromatic N) is 3. The third kappa shape index (κ3) is 6.88. The quantitative estimate of drug-likeness (QED) is 0.343. The fourth-order valence-corrected chi connectivity index (χ4v) is 4.32. The van der Waals surface area contributed by atoms with Crippen LogP contribution in [0.15, 0.2) is 29.3 Å². The van der Waals surface area contributed by atoms with E-state index in [1.54, 1.807) is 0 Å². The first kappa shape index (κ1) is 23.4. The highest BCUT2D eigenvalue weighted by Gasteiger charge is 2.22. The van der Waals surface area contributed by atoms with Crippen molar-refractivity contribution in [3.63, 3.8) is 0 Å². The summed E-state index contributed by atoms with van der Waals surface area (Å²) in [6, 6.07) is 9.26. The molecule has 1 atom stereocenters. The molecule has 0 bridgehead atoms. The summed E-state index contributed by atoms with van der Waals surface area (Å²) in [5, 5.41) is 3.34. The summed E-state index contributed by atoms with van der Waals surface area (Å²) in [6.07, 6.45) is 5.17. The highest BCUT2D eigenvalue weighted by atomic mass is 127. The lowest BCUT2D eigenvalue weighted by Crippen LogP contribution is -2.42. The van der Waals surface area contributed by atoms with E-state index in [9.17, 15) is 0 Å². The molecular formula is C22H38IN5. The van der Waals surface area contributed by atoms with Crippen LogP contribution in [0.2, 0.25) is 0 Å². The minimum Gasteiger partial charge on any atom is -0.370 e. The molecule has 28 heavy (non-hydrogen) atoms. The van der Waals surface area contributed by atoms with Gasteiger partial charge in [-0.25, -0.2) is 4.99 Å². The number of nitrogens with one attached hydrogen (secondary N) is 1. The van der Waals surface area contributed by atoms with Crippen LogP contribution in [0.3, 0.4) is 0 Å². The van der Waals surface area contributed by atoms with E-state index in [0.29, 0.717) is 18.5 Å². The molecule has 2 heterocycles. The lowest BCUT2D eigenvalue weighted by atomic mass is 9.98. The maximum Gasteiger partial charge on any atom is 0.188 e. The van der Waals surface area contributed by atoms with Crippen molar-refractivity contribution in [3.8, 4) is 0 Å². The van der Waals surface area contributed by atoms with E-state index in [2.05, 4.69) is 58.2 Å². The van der Waals surface area contributed by atoms with Gasteiger partial charge in [0.1, 0.15) is 0 Å². The Hall–Kier alpha value is -0.860. The normalized spacial score (nSPS) is 22.2. The molecule has 2 aliphatic rings. The molecule has 0 aliphatic carbocycles. The fraction of sp³-hybridized carbons (Fsp3) is 0.682. The summed E-state index contributed by atoms with van der Waals surface area (Å²) in [4.78, 5) is 9.71. The van der Waals surface area contributed by atoms with Crippen LogP contribution in [0.4, 0.5) is 0 Å². The van der Waals surface area contributed by atoms with Gasteiger partial charge in [-0.15, -0.1) is 24.0 Å². The second-order valence-electron chi connectivity index (χ2n) is 8.23. The summed E-state index contributed by atoms with van der Waals surface area (Å²) in [5.41, 5.74) is 8.82. The van der Waals surface area contributed by atoms with Crippen LogP contribution in [0.1, 0.15) is 50.7 Å². The number of likely N-dealkylation sites (N-methyl/N-ethyl adjacent to an activating group) is 1. The number of hydrogen-bond donors (Lipinski definition) is 2. The van der Waals surface area contributed by atoms with Gasteiger partial charge in [-0.2, -0.15) is 0 Å². The van der Waals surface area contributed by atoms with Gasteiger partial charge in [0.05, 0.1) is 6.54 Å². The molecule has 2 saturated heterocycles. The van der Waals surface area contributed by atoms with Crippen LogP contribution in [0.5, 0.6) is 0 Å². The molecule has 5 nitrogen and oxygen atoms in total. The van der Waals surface area contributed by atoms with Gasteiger partial charge < -0.3 is 11.1 Å². The van der Waals surface area contributed by atoms with Crippen molar-refractivity contribution in [1.82, 2.24) is 15.1 Å². The zero-order chi connectivity index (χ0) is 19.1. The van der Waals surface area contributed by atoms with Crippen molar-refractivity contribution in [2.45, 2.75) is 58.7 Å². The molecule has 0 saturated carbocycles. The standard InChI is InChI=1S/C22H37N5.HI/c1-3-27-12-6-9-21(27)16-25-22(23)24-15-19-7-4-5-8-20(19)17-26-13-10-18(2)11-14-26;/h4-5,7-8,18,21H,3,6,9-17H2,1-2H3,(H3,23,24,25);1H. The maximum absolute atomic E-state index is 6.15. The van der Waals surface area contributed by atoms with E-state index in [-0.39, 0.29) is 24.0 Å². The molecule has 1 aromatic rings. The molecule has 158 valence electrons. The van der Waals surface area contributed by atoms with Gasteiger partial charge in [0.2, 0.25) is 0 Å². The largest absolute Gasteiger partial charge is 0.370 e. The topological polar surface area (TPSA) is 56.9 Å². The molecule has 2 fully saturated rings. The molecule has 3 rings (SSSR count). The minimum absolute atomic E-state index is 0. The van der Waals surface area contributed by atoms with Gasteiger partial charge in [0.15, 0.2) is 5.96 Å². The maximum atomic E-state index is 6.15. The van der Waals surface area contributed by atoms with Crippen molar-refractivity contribution < 1.29 is 0 Å². The summed E-state index contributed by atoms with van der Waals surface area (Å²) in [5.74, 6) is 1.44. The molecule has 0 spiro atoms. The number of hydrogen-bond acceptors (Lipinski definition) is 3. The Balaban J connectivity index is 0.00000280.